The number of benzene rings is 1. The molecular formula is C20H23F2N3O3. The number of aromatic nitrogens is 2. The minimum atomic E-state index is -1.03. The zero-order chi connectivity index (χ0) is 19.9. The van der Waals surface area contributed by atoms with E-state index in [4.69, 9.17) is 9.15 Å². The molecule has 4 rings (SSSR count). The molecule has 0 radical (unpaired) electrons. The van der Waals surface area contributed by atoms with E-state index in [-0.39, 0.29) is 28.7 Å². The molecule has 2 saturated heterocycles. The average Bonchev–Trinajstić information content (AvgIpc) is 3.29. The minimum Gasteiger partial charge on any atom is -0.425 e. The Labute approximate surface area is 161 Å². The molecule has 1 aromatic carbocycles. The van der Waals surface area contributed by atoms with E-state index in [9.17, 15) is 13.6 Å². The number of likely N-dealkylation sites (tertiary alicyclic amines) is 1. The van der Waals surface area contributed by atoms with Crippen molar-refractivity contribution >= 4 is 5.91 Å². The Morgan fingerprint density at radius 1 is 1.21 bits per heavy atom. The molecule has 0 bridgehead atoms. The summed E-state index contributed by atoms with van der Waals surface area (Å²) in [7, 11) is 0. The van der Waals surface area contributed by atoms with Gasteiger partial charge in [-0.25, -0.2) is 8.78 Å². The van der Waals surface area contributed by atoms with Gasteiger partial charge in [0.1, 0.15) is 0 Å². The molecule has 1 atom stereocenters. The molecule has 0 saturated carbocycles. The number of hydrogen-bond acceptors (Lipinski definition) is 5. The molecule has 0 aliphatic carbocycles. The first-order valence-corrected chi connectivity index (χ1v) is 9.55. The summed E-state index contributed by atoms with van der Waals surface area (Å²) < 4.78 is 38.3. The van der Waals surface area contributed by atoms with Crippen molar-refractivity contribution in [2.75, 3.05) is 26.3 Å². The van der Waals surface area contributed by atoms with Crippen LogP contribution >= 0.6 is 0 Å². The van der Waals surface area contributed by atoms with Crippen LogP contribution in [0.25, 0.3) is 0 Å². The van der Waals surface area contributed by atoms with Crippen LogP contribution in [-0.4, -0.2) is 47.3 Å². The summed E-state index contributed by atoms with van der Waals surface area (Å²) in [6.45, 7) is 6.07. The second-order valence-corrected chi connectivity index (χ2v) is 7.98. The van der Waals surface area contributed by atoms with Gasteiger partial charge in [-0.15, -0.1) is 10.2 Å². The summed E-state index contributed by atoms with van der Waals surface area (Å²) >= 11 is 0. The van der Waals surface area contributed by atoms with Crippen LogP contribution in [0.3, 0.4) is 0 Å². The van der Waals surface area contributed by atoms with Crippen LogP contribution in [0.5, 0.6) is 0 Å². The predicted molar refractivity (Wildman–Crippen MR) is 95.9 cm³/mol. The molecule has 150 valence electrons. The van der Waals surface area contributed by atoms with E-state index in [1.54, 1.807) is 4.90 Å². The third-order valence-electron chi connectivity index (χ3n) is 5.84. The SMILES string of the molecule is CC(C)c1nnc(C2CN(C(=O)c3ccc(F)c(F)c3)CC23CCOCC3)o1. The van der Waals surface area contributed by atoms with Crippen LogP contribution in [0.15, 0.2) is 22.6 Å². The maximum Gasteiger partial charge on any atom is 0.254 e. The lowest BCUT2D eigenvalue weighted by Crippen LogP contribution is -2.37. The first kappa shape index (κ1) is 19.0. The normalized spacial score (nSPS) is 21.6. The summed E-state index contributed by atoms with van der Waals surface area (Å²) in [6.07, 6.45) is 1.55. The average molecular weight is 391 g/mol. The summed E-state index contributed by atoms with van der Waals surface area (Å²) in [5.74, 6) is -1.20. The van der Waals surface area contributed by atoms with Crippen LogP contribution in [0.2, 0.25) is 0 Å². The van der Waals surface area contributed by atoms with Gasteiger partial charge < -0.3 is 14.1 Å². The molecule has 1 spiro atoms. The van der Waals surface area contributed by atoms with Crippen molar-refractivity contribution in [3.8, 4) is 0 Å². The molecule has 2 aliphatic rings. The third-order valence-corrected chi connectivity index (χ3v) is 5.84. The molecule has 2 aromatic rings. The van der Waals surface area contributed by atoms with Gasteiger partial charge in [0.25, 0.3) is 5.91 Å². The Hall–Kier alpha value is -2.35. The van der Waals surface area contributed by atoms with Crippen molar-refractivity contribution in [1.29, 1.82) is 0 Å². The topological polar surface area (TPSA) is 68.5 Å². The number of amides is 1. The standard InChI is InChI=1S/C20H23F2N3O3/c1-12(2)17-23-24-18(28-17)14-10-25(11-20(14)5-7-27-8-6-20)19(26)13-3-4-15(21)16(22)9-13/h3-4,9,12,14H,5-8,10-11H2,1-2H3. The molecule has 1 unspecified atom stereocenters. The number of carbonyl (C=O) groups is 1. The Bertz CT molecular complexity index is 877. The van der Waals surface area contributed by atoms with Crippen LogP contribution < -0.4 is 0 Å². The largest absolute Gasteiger partial charge is 0.425 e. The molecular weight excluding hydrogens is 368 g/mol. The van der Waals surface area contributed by atoms with E-state index in [2.05, 4.69) is 10.2 Å². The number of hydrogen-bond donors (Lipinski definition) is 0. The van der Waals surface area contributed by atoms with E-state index in [0.717, 1.165) is 25.0 Å². The zero-order valence-corrected chi connectivity index (χ0v) is 16.0. The highest BCUT2D eigenvalue weighted by molar-refractivity contribution is 5.94. The number of ether oxygens (including phenoxy) is 1. The zero-order valence-electron chi connectivity index (χ0n) is 16.0. The van der Waals surface area contributed by atoms with Crippen LogP contribution in [-0.2, 0) is 4.74 Å². The van der Waals surface area contributed by atoms with Gasteiger partial charge in [0.15, 0.2) is 11.6 Å². The van der Waals surface area contributed by atoms with Crippen molar-refractivity contribution in [2.24, 2.45) is 5.41 Å². The van der Waals surface area contributed by atoms with E-state index < -0.39 is 11.6 Å². The highest BCUT2D eigenvalue weighted by Gasteiger charge is 2.51. The van der Waals surface area contributed by atoms with Crippen molar-refractivity contribution in [1.82, 2.24) is 15.1 Å². The van der Waals surface area contributed by atoms with Gasteiger partial charge in [0.05, 0.1) is 5.92 Å². The molecule has 8 heteroatoms. The van der Waals surface area contributed by atoms with Crippen LogP contribution in [0, 0.1) is 17.0 Å². The van der Waals surface area contributed by atoms with E-state index in [1.165, 1.54) is 6.07 Å². The number of carbonyl (C=O) groups excluding carboxylic acids is 1. The Morgan fingerprint density at radius 2 is 1.96 bits per heavy atom. The molecule has 1 amide bonds. The summed E-state index contributed by atoms with van der Waals surface area (Å²) in [4.78, 5) is 14.6. The smallest absolute Gasteiger partial charge is 0.254 e. The lowest BCUT2D eigenvalue weighted by molar-refractivity contribution is 0.00887. The van der Waals surface area contributed by atoms with Crippen molar-refractivity contribution in [3.05, 3.63) is 47.2 Å². The van der Waals surface area contributed by atoms with Crippen molar-refractivity contribution in [2.45, 2.75) is 38.5 Å². The fourth-order valence-corrected chi connectivity index (χ4v) is 4.18. The van der Waals surface area contributed by atoms with Crippen LogP contribution in [0.1, 0.15) is 60.7 Å². The number of halogens is 2. The van der Waals surface area contributed by atoms with Crippen LogP contribution in [0.4, 0.5) is 8.78 Å². The molecule has 28 heavy (non-hydrogen) atoms. The van der Waals surface area contributed by atoms with E-state index in [0.29, 0.717) is 38.1 Å². The lowest BCUT2D eigenvalue weighted by atomic mass is 9.72. The van der Waals surface area contributed by atoms with E-state index in [1.807, 2.05) is 13.8 Å². The maximum atomic E-state index is 13.6. The highest BCUT2D eigenvalue weighted by atomic mass is 19.2. The molecule has 0 N–H and O–H groups in total. The fraction of sp³-hybridized carbons (Fsp3) is 0.550. The van der Waals surface area contributed by atoms with E-state index >= 15 is 0 Å². The Kier molecular flexibility index (Phi) is 4.91. The van der Waals surface area contributed by atoms with Gasteiger partial charge in [-0.3, -0.25) is 4.79 Å². The van der Waals surface area contributed by atoms with Gasteiger partial charge >= 0.3 is 0 Å². The number of rotatable bonds is 3. The maximum absolute atomic E-state index is 13.6. The Morgan fingerprint density at radius 3 is 2.61 bits per heavy atom. The molecule has 2 aliphatic heterocycles. The minimum absolute atomic E-state index is 0.106. The van der Waals surface area contributed by atoms with Gasteiger partial charge in [0.2, 0.25) is 11.8 Å². The second-order valence-electron chi connectivity index (χ2n) is 7.98. The first-order valence-electron chi connectivity index (χ1n) is 9.55. The quantitative estimate of drug-likeness (QED) is 0.801. The predicted octanol–water partition coefficient (Wildman–Crippen LogP) is 3.51. The molecule has 1 aromatic heterocycles. The van der Waals surface area contributed by atoms with Gasteiger partial charge in [-0.2, -0.15) is 0 Å². The molecule has 6 nitrogen and oxygen atoms in total. The van der Waals surface area contributed by atoms with Gasteiger partial charge in [-0.05, 0) is 31.0 Å². The first-order chi connectivity index (χ1) is 13.4. The second kappa shape index (κ2) is 7.24. The van der Waals surface area contributed by atoms with Gasteiger partial charge in [0, 0.05) is 43.2 Å². The fourth-order valence-electron chi connectivity index (χ4n) is 4.18. The highest BCUT2D eigenvalue weighted by Crippen LogP contribution is 2.49. The summed E-state index contributed by atoms with van der Waals surface area (Å²) in [5, 5.41) is 8.40. The lowest BCUT2D eigenvalue weighted by Gasteiger charge is -2.36. The third kappa shape index (κ3) is 3.30. The monoisotopic (exact) mass is 391 g/mol. The Balaban J connectivity index is 1.63. The summed E-state index contributed by atoms with van der Waals surface area (Å²) in [6, 6.07) is 3.24. The molecule has 3 heterocycles. The summed E-state index contributed by atoms with van der Waals surface area (Å²) in [5.41, 5.74) is -0.0806. The molecule has 2 fully saturated rings. The van der Waals surface area contributed by atoms with Crippen molar-refractivity contribution < 1.29 is 22.7 Å². The number of nitrogens with zero attached hydrogens (tertiary/aromatic N) is 3. The van der Waals surface area contributed by atoms with Crippen molar-refractivity contribution in [3.63, 3.8) is 0 Å². The van der Waals surface area contributed by atoms with Gasteiger partial charge in [-0.1, -0.05) is 13.8 Å².